The largest absolute Gasteiger partial charge is 0.504 e. The van der Waals surface area contributed by atoms with E-state index in [1.54, 1.807) is 11.0 Å². The van der Waals surface area contributed by atoms with Crippen molar-refractivity contribution in [2.24, 2.45) is 5.41 Å². The number of hydrogen-bond acceptors (Lipinski definition) is 4. The first-order chi connectivity index (χ1) is 17.7. The van der Waals surface area contributed by atoms with Crippen LogP contribution < -0.4 is 4.74 Å². The van der Waals surface area contributed by atoms with Gasteiger partial charge in [0.1, 0.15) is 6.10 Å². The van der Waals surface area contributed by atoms with Crippen LogP contribution in [0, 0.1) is 31.1 Å². The Bertz CT molecular complexity index is 1370. The Balaban J connectivity index is 1.38. The zero-order valence-corrected chi connectivity index (χ0v) is 22.3. The average molecular weight is 497 g/mol. The number of likely N-dealkylation sites (tertiary alicyclic amines) is 1. The summed E-state index contributed by atoms with van der Waals surface area (Å²) in [6.45, 7) is 12.4. The number of phenolic OH excluding ortho intramolecular Hbond substituents is 1. The molecule has 0 aromatic heterocycles. The van der Waals surface area contributed by atoms with Crippen LogP contribution in [0.4, 0.5) is 0 Å². The molecule has 0 radical (unpaired) electrons. The van der Waals surface area contributed by atoms with E-state index in [2.05, 4.69) is 50.2 Å². The number of ether oxygens (including phenoxy) is 1. The molecule has 2 heterocycles. The summed E-state index contributed by atoms with van der Waals surface area (Å²) in [5.41, 5.74) is 5.44. The lowest BCUT2D eigenvalue weighted by atomic mass is 9.43. The van der Waals surface area contributed by atoms with Crippen LogP contribution in [0.5, 0.6) is 11.5 Å². The second kappa shape index (κ2) is 8.39. The fourth-order valence-electron chi connectivity index (χ4n) is 8.02. The number of likely N-dealkylation sites (N-methyl/N-ethyl adjacent to an activating group) is 1. The van der Waals surface area contributed by atoms with Crippen molar-refractivity contribution < 1.29 is 14.6 Å². The van der Waals surface area contributed by atoms with Crippen molar-refractivity contribution in [3.05, 3.63) is 70.8 Å². The minimum absolute atomic E-state index is 0.0174. The molecular weight excluding hydrogens is 460 g/mol. The summed E-state index contributed by atoms with van der Waals surface area (Å²) in [6.07, 6.45) is 5.53. The summed E-state index contributed by atoms with van der Waals surface area (Å²) in [5, 5.41) is 10.9. The molecule has 4 aliphatic rings. The number of benzene rings is 2. The van der Waals surface area contributed by atoms with Gasteiger partial charge in [-0.25, -0.2) is 0 Å². The van der Waals surface area contributed by atoms with E-state index in [4.69, 9.17) is 4.74 Å². The molecule has 192 valence electrons. The van der Waals surface area contributed by atoms with Crippen molar-refractivity contribution in [3.63, 3.8) is 0 Å². The number of nitrogens with zero attached hydrogens (tertiary/aromatic N) is 2. The molecular formula is C32H36N2O3. The number of aryl methyl sites for hydroxylation is 2. The first-order valence-corrected chi connectivity index (χ1v) is 13.4. The Kier molecular flexibility index (Phi) is 5.47. The Morgan fingerprint density at radius 2 is 2.08 bits per heavy atom. The van der Waals surface area contributed by atoms with Gasteiger partial charge in [-0.1, -0.05) is 31.1 Å². The van der Waals surface area contributed by atoms with Crippen LogP contribution >= 0.6 is 0 Å². The van der Waals surface area contributed by atoms with Gasteiger partial charge in [-0.15, -0.1) is 6.58 Å². The van der Waals surface area contributed by atoms with Crippen molar-refractivity contribution in [1.82, 2.24) is 9.80 Å². The van der Waals surface area contributed by atoms with Gasteiger partial charge in [0.25, 0.3) is 5.91 Å². The van der Waals surface area contributed by atoms with Crippen molar-refractivity contribution in [3.8, 4) is 23.3 Å². The Hall–Kier alpha value is -3.23. The Morgan fingerprint density at radius 3 is 2.84 bits per heavy atom. The molecule has 5 heteroatoms. The topological polar surface area (TPSA) is 53.0 Å². The molecule has 1 N–H and O–H groups in total. The predicted octanol–water partition coefficient (Wildman–Crippen LogP) is 4.50. The monoisotopic (exact) mass is 496 g/mol. The van der Waals surface area contributed by atoms with Gasteiger partial charge in [-0.2, -0.15) is 0 Å². The summed E-state index contributed by atoms with van der Waals surface area (Å²) in [5.74, 6) is 6.62. The van der Waals surface area contributed by atoms with Gasteiger partial charge in [0.15, 0.2) is 11.5 Å². The molecule has 5 atom stereocenters. The van der Waals surface area contributed by atoms with Gasteiger partial charge in [0.2, 0.25) is 0 Å². The highest BCUT2D eigenvalue weighted by atomic mass is 16.5. The van der Waals surface area contributed by atoms with Gasteiger partial charge in [-0.3, -0.25) is 9.69 Å². The molecule has 1 saturated carbocycles. The van der Waals surface area contributed by atoms with Crippen LogP contribution in [0.15, 0.2) is 43.0 Å². The second-order valence-electron chi connectivity index (χ2n) is 11.7. The number of phenols is 1. The lowest BCUT2D eigenvalue weighted by molar-refractivity contribution is -0.148. The number of amides is 1. The van der Waals surface area contributed by atoms with Crippen molar-refractivity contribution in [1.29, 1.82) is 0 Å². The molecule has 5 nitrogen and oxygen atoms in total. The molecule has 0 unspecified atom stereocenters. The zero-order chi connectivity index (χ0) is 26.1. The van der Waals surface area contributed by atoms with Crippen LogP contribution in [-0.2, 0) is 16.6 Å². The lowest BCUT2D eigenvalue weighted by Gasteiger charge is -2.66. The van der Waals surface area contributed by atoms with E-state index >= 15 is 0 Å². The third-order valence-electron chi connectivity index (χ3n) is 10.1. The number of carbonyl (C=O) groups excluding carboxylic acids is 1. The van der Waals surface area contributed by atoms with E-state index in [9.17, 15) is 9.90 Å². The van der Waals surface area contributed by atoms with E-state index in [-0.39, 0.29) is 34.6 Å². The molecule has 1 amide bonds. The molecule has 2 bridgehead atoms. The molecule has 2 aliphatic heterocycles. The van der Waals surface area contributed by atoms with E-state index < -0.39 is 0 Å². The minimum Gasteiger partial charge on any atom is -0.504 e. The molecule has 2 fully saturated rings. The quantitative estimate of drug-likeness (QED) is 0.502. The lowest BCUT2D eigenvalue weighted by Crippen LogP contribution is -2.73. The van der Waals surface area contributed by atoms with Crippen LogP contribution in [-0.4, -0.2) is 59.1 Å². The SMILES string of the molecule is C=CCN1CC[C@]23c4c5ccc(O)c4O[C@H]2[C@@H](N(C)C(=O)C#Cc2ccc(C)c(C)c2)CC[C@@]3(C)[C@H]1C5. The fourth-order valence-corrected chi connectivity index (χ4v) is 8.02. The van der Waals surface area contributed by atoms with Gasteiger partial charge in [0.05, 0.1) is 6.04 Å². The standard InChI is InChI=1S/C32H36N2O3/c1-6-16-34-17-15-32-28-23-10-11-25(35)29(28)37-30(32)24(13-14-31(32,4)26(34)19-23)33(5)27(36)12-9-22-8-7-20(2)21(3)18-22/h6-8,10-11,18,24,26,30,35H,1,13-17,19H2,2-5H3/t24-,26+,30-,31-,32-/m0/s1. The van der Waals surface area contributed by atoms with Crippen LogP contribution in [0.1, 0.15) is 54.0 Å². The summed E-state index contributed by atoms with van der Waals surface area (Å²) in [7, 11) is 1.86. The highest BCUT2D eigenvalue weighted by Gasteiger charge is 2.71. The maximum Gasteiger partial charge on any atom is 0.298 e. The number of aromatic hydroxyl groups is 1. The van der Waals surface area contributed by atoms with Crippen molar-refractivity contribution >= 4 is 5.91 Å². The van der Waals surface area contributed by atoms with Crippen molar-refractivity contribution in [2.45, 2.75) is 70.1 Å². The van der Waals surface area contributed by atoms with E-state index in [0.29, 0.717) is 11.8 Å². The van der Waals surface area contributed by atoms with Gasteiger partial charge in [-0.05, 0) is 86.4 Å². The van der Waals surface area contributed by atoms with E-state index in [1.807, 2.05) is 31.3 Å². The number of hydrogen-bond donors (Lipinski definition) is 1. The van der Waals surface area contributed by atoms with Gasteiger partial charge >= 0.3 is 0 Å². The third-order valence-corrected chi connectivity index (χ3v) is 10.1. The van der Waals surface area contributed by atoms with Gasteiger partial charge < -0.3 is 14.7 Å². The van der Waals surface area contributed by atoms with Crippen LogP contribution in [0.3, 0.4) is 0 Å². The summed E-state index contributed by atoms with van der Waals surface area (Å²) >= 11 is 0. The molecule has 2 aromatic carbocycles. The fraction of sp³-hybridized carbons (Fsp3) is 0.469. The smallest absolute Gasteiger partial charge is 0.298 e. The normalized spacial score (nSPS) is 31.0. The average Bonchev–Trinajstić information content (AvgIpc) is 3.23. The highest BCUT2D eigenvalue weighted by molar-refractivity contribution is 5.94. The number of rotatable bonds is 3. The molecule has 1 spiro atoms. The molecule has 6 rings (SSSR count). The molecule has 1 saturated heterocycles. The van der Waals surface area contributed by atoms with Crippen molar-refractivity contribution in [2.75, 3.05) is 20.1 Å². The molecule has 2 aromatic rings. The second-order valence-corrected chi connectivity index (χ2v) is 11.7. The van der Waals surface area contributed by atoms with Crippen LogP contribution in [0.2, 0.25) is 0 Å². The summed E-state index contributed by atoms with van der Waals surface area (Å²) < 4.78 is 6.71. The third kappa shape index (κ3) is 3.25. The number of piperidine rings is 1. The minimum atomic E-state index is -0.240. The zero-order valence-electron chi connectivity index (χ0n) is 22.3. The summed E-state index contributed by atoms with van der Waals surface area (Å²) in [4.78, 5) is 17.8. The highest BCUT2D eigenvalue weighted by Crippen LogP contribution is 2.69. The predicted molar refractivity (Wildman–Crippen MR) is 145 cm³/mol. The number of carbonyl (C=O) groups is 1. The first kappa shape index (κ1) is 24.1. The Labute approximate surface area is 220 Å². The first-order valence-electron chi connectivity index (χ1n) is 13.4. The maximum absolute atomic E-state index is 13.4. The maximum atomic E-state index is 13.4. The van der Waals surface area contributed by atoms with E-state index in [0.717, 1.165) is 44.3 Å². The van der Waals surface area contributed by atoms with Gasteiger partial charge in [0, 0.05) is 42.1 Å². The summed E-state index contributed by atoms with van der Waals surface area (Å²) in [6, 6.07) is 10.2. The van der Waals surface area contributed by atoms with E-state index in [1.165, 1.54) is 22.3 Å². The van der Waals surface area contributed by atoms with Crippen LogP contribution in [0.25, 0.3) is 0 Å². The Morgan fingerprint density at radius 1 is 1.27 bits per heavy atom. The molecule has 2 aliphatic carbocycles. The molecule has 37 heavy (non-hydrogen) atoms.